The van der Waals surface area contributed by atoms with Crippen LogP contribution in [0.5, 0.6) is 0 Å². The summed E-state index contributed by atoms with van der Waals surface area (Å²) in [5.74, 6) is 0.0483. The molecule has 11 heteroatoms. The molecule has 0 aliphatic heterocycles. The summed E-state index contributed by atoms with van der Waals surface area (Å²) in [6.45, 7) is -0.899. The van der Waals surface area contributed by atoms with Crippen LogP contribution in [0.15, 0.2) is 12.5 Å². The molecule has 4 N–H and O–H groups in total. The molecule has 20 heavy (non-hydrogen) atoms. The van der Waals surface area contributed by atoms with Crippen LogP contribution < -0.4 is 5.73 Å². The number of fused-ring (bicyclic) bond motifs is 1. The van der Waals surface area contributed by atoms with Gasteiger partial charge in [0.2, 0.25) is 5.95 Å². The molecule has 0 aromatic carbocycles. The van der Waals surface area contributed by atoms with E-state index in [1.54, 1.807) is 0 Å². The number of halogens is 1. The van der Waals surface area contributed by atoms with Gasteiger partial charge in [-0.3, -0.25) is 4.57 Å². The van der Waals surface area contributed by atoms with Gasteiger partial charge in [0, 0.05) is 0 Å². The maximum atomic E-state index is 12.8. The van der Waals surface area contributed by atoms with Crippen molar-refractivity contribution >= 4 is 24.7 Å². The zero-order valence-corrected chi connectivity index (χ0v) is 11.2. The molecule has 110 valence electrons. The molecular formula is C9H13FN5O4P. The molecular weight excluding hydrogens is 292 g/mol. The van der Waals surface area contributed by atoms with Crippen LogP contribution in [-0.2, 0) is 15.8 Å². The number of anilines is 1. The molecule has 0 unspecified atom stereocenters. The summed E-state index contributed by atoms with van der Waals surface area (Å²) in [7, 11) is -4.34. The van der Waals surface area contributed by atoms with Crippen LogP contribution in [0.2, 0.25) is 0 Å². The normalized spacial score (nSPS) is 13.8. The molecule has 0 fully saturated rings. The molecule has 0 aliphatic rings. The minimum Gasteiger partial charge on any atom is -0.368 e. The molecule has 2 aromatic heterocycles. The minimum absolute atomic E-state index is 0.00343. The third kappa shape index (κ3) is 3.70. The number of nitrogen functional groups attached to an aromatic ring is 1. The van der Waals surface area contributed by atoms with E-state index >= 15 is 0 Å². The number of hydrogen-bond donors (Lipinski definition) is 3. The van der Waals surface area contributed by atoms with E-state index in [2.05, 4.69) is 15.0 Å². The Kier molecular flexibility index (Phi) is 4.29. The number of aromatic nitrogens is 4. The van der Waals surface area contributed by atoms with Crippen LogP contribution in [-0.4, -0.2) is 48.4 Å². The fourth-order valence-corrected chi connectivity index (χ4v) is 1.98. The first-order valence-corrected chi connectivity index (χ1v) is 7.34. The maximum absolute atomic E-state index is 12.8. The fourth-order valence-electron chi connectivity index (χ4n) is 1.57. The van der Waals surface area contributed by atoms with Crippen LogP contribution in [0.4, 0.5) is 10.3 Å². The predicted octanol–water partition coefficient (Wildman–Crippen LogP) is -0.102. The summed E-state index contributed by atoms with van der Waals surface area (Å²) < 4.78 is 29.9. The number of nitrogens with zero attached hydrogens (tertiary/aromatic N) is 4. The highest BCUT2D eigenvalue weighted by atomic mass is 31.2. The van der Waals surface area contributed by atoms with Crippen molar-refractivity contribution in [1.82, 2.24) is 19.5 Å². The van der Waals surface area contributed by atoms with E-state index in [0.717, 1.165) is 0 Å². The van der Waals surface area contributed by atoms with E-state index in [9.17, 15) is 8.96 Å². The molecule has 0 amide bonds. The van der Waals surface area contributed by atoms with E-state index in [0.29, 0.717) is 11.2 Å². The van der Waals surface area contributed by atoms with Gasteiger partial charge in [-0.2, -0.15) is 4.98 Å². The van der Waals surface area contributed by atoms with Crippen molar-refractivity contribution in [2.45, 2.75) is 12.6 Å². The second-order valence-electron chi connectivity index (χ2n) is 4.07. The van der Waals surface area contributed by atoms with E-state index in [4.69, 9.17) is 20.3 Å². The number of hydrogen-bond acceptors (Lipinski definition) is 6. The Balaban J connectivity index is 2.13. The first-order chi connectivity index (χ1) is 9.39. The average Bonchev–Trinajstić information content (AvgIpc) is 2.75. The van der Waals surface area contributed by atoms with Gasteiger partial charge in [0.25, 0.3) is 0 Å². The van der Waals surface area contributed by atoms with Gasteiger partial charge in [-0.25, -0.2) is 14.4 Å². The van der Waals surface area contributed by atoms with Gasteiger partial charge in [-0.15, -0.1) is 0 Å². The molecule has 0 saturated carbocycles. The van der Waals surface area contributed by atoms with Crippen LogP contribution in [0.3, 0.4) is 0 Å². The Hall–Kier alpha value is -1.61. The SMILES string of the molecule is Nc1ncc2ncn(C[C@@H](CF)OCP(=O)(O)O)c2n1. The van der Waals surface area contributed by atoms with Gasteiger partial charge >= 0.3 is 7.60 Å². The Bertz CT molecular complexity index is 644. The monoisotopic (exact) mass is 305 g/mol. The lowest BCUT2D eigenvalue weighted by molar-refractivity contribution is 0.0445. The van der Waals surface area contributed by atoms with Crippen molar-refractivity contribution in [3.05, 3.63) is 12.5 Å². The zero-order valence-electron chi connectivity index (χ0n) is 10.3. The van der Waals surface area contributed by atoms with Crippen LogP contribution in [0, 0.1) is 0 Å². The van der Waals surface area contributed by atoms with Crippen molar-refractivity contribution < 1.29 is 23.5 Å². The highest BCUT2D eigenvalue weighted by molar-refractivity contribution is 7.51. The summed E-state index contributed by atoms with van der Waals surface area (Å²) in [5, 5.41) is 0. The molecule has 9 nitrogen and oxygen atoms in total. The smallest absolute Gasteiger partial charge is 0.350 e. The Morgan fingerprint density at radius 2 is 2.25 bits per heavy atom. The quantitative estimate of drug-likeness (QED) is 0.629. The summed E-state index contributed by atoms with van der Waals surface area (Å²) in [5.41, 5.74) is 6.34. The number of alkyl halides is 1. The average molecular weight is 305 g/mol. The van der Waals surface area contributed by atoms with E-state index in [1.165, 1.54) is 17.1 Å². The van der Waals surface area contributed by atoms with Crippen molar-refractivity contribution in [3.8, 4) is 0 Å². The van der Waals surface area contributed by atoms with E-state index in [-0.39, 0.29) is 12.5 Å². The van der Waals surface area contributed by atoms with Crippen molar-refractivity contribution in [3.63, 3.8) is 0 Å². The van der Waals surface area contributed by atoms with Crippen LogP contribution in [0.25, 0.3) is 11.2 Å². The second-order valence-corrected chi connectivity index (χ2v) is 5.66. The molecule has 2 aromatic rings. The van der Waals surface area contributed by atoms with Gasteiger partial charge < -0.3 is 24.8 Å². The highest BCUT2D eigenvalue weighted by Crippen LogP contribution is 2.34. The Labute approximate surface area is 112 Å². The summed E-state index contributed by atoms with van der Waals surface area (Å²) >= 11 is 0. The lowest BCUT2D eigenvalue weighted by atomic mass is 10.4. The largest absolute Gasteiger partial charge is 0.368 e. The minimum atomic E-state index is -4.34. The number of ether oxygens (including phenoxy) is 1. The third-order valence-electron chi connectivity index (χ3n) is 2.43. The van der Waals surface area contributed by atoms with E-state index in [1.807, 2.05) is 0 Å². The lowest BCUT2D eigenvalue weighted by Gasteiger charge is -2.15. The Morgan fingerprint density at radius 1 is 1.50 bits per heavy atom. The van der Waals surface area contributed by atoms with Gasteiger partial charge in [0.15, 0.2) is 5.65 Å². The molecule has 0 aliphatic carbocycles. The molecule has 1 atom stereocenters. The molecule has 0 radical (unpaired) electrons. The van der Waals surface area contributed by atoms with Gasteiger partial charge in [-0.05, 0) is 0 Å². The summed E-state index contributed by atoms with van der Waals surface area (Å²) in [6, 6.07) is 0. The second kappa shape index (κ2) is 5.80. The first-order valence-electron chi connectivity index (χ1n) is 5.54. The van der Waals surface area contributed by atoms with Crippen molar-refractivity contribution in [2.75, 3.05) is 18.8 Å². The third-order valence-corrected chi connectivity index (χ3v) is 2.91. The number of imidazole rings is 1. The molecule has 0 spiro atoms. The predicted molar refractivity (Wildman–Crippen MR) is 67.5 cm³/mol. The molecule has 2 rings (SSSR count). The first kappa shape index (κ1) is 14.8. The van der Waals surface area contributed by atoms with Gasteiger partial charge in [0.1, 0.15) is 24.6 Å². The van der Waals surface area contributed by atoms with Crippen molar-refractivity contribution in [2.24, 2.45) is 0 Å². The summed E-state index contributed by atoms with van der Waals surface area (Å²) in [6.07, 6.45) is 0.971. The standard InChI is InChI=1S/C9H13FN5O4P/c10-1-6(19-5-20(16,17)18)3-15-4-13-7-2-12-9(11)14-8(7)15/h2,4,6H,1,3,5H2,(H2,11,12,14)(H2,16,17,18)/t6-/m1/s1. The molecule has 2 heterocycles. The maximum Gasteiger partial charge on any atom is 0.350 e. The summed E-state index contributed by atoms with van der Waals surface area (Å²) in [4.78, 5) is 29.2. The fraction of sp³-hybridized carbons (Fsp3) is 0.444. The van der Waals surface area contributed by atoms with Gasteiger partial charge in [-0.1, -0.05) is 0 Å². The zero-order chi connectivity index (χ0) is 14.8. The van der Waals surface area contributed by atoms with Crippen LogP contribution >= 0.6 is 7.60 Å². The number of rotatable bonds is 6. The van der Waals surface area contributed by atoms with E-state index < -0.39 is 26.7 Å². The highest BCUT2D eigenvalue weighted by Gasteiger charge is 2.19. The van der Waals surface area contributed by atoms with Crippen molar-refractivity contribution in [1.29, 1.82) is 0 Å². The Morgan fingerprint density at radius 3 is 2.90 bits per heavy atom. The number of nitrogens with two attached hydrogens (primary N) is 1. The molecule has 0 saturated heterocycles. The van der Waals surface area contributed by atoms with Crippen LogP contribution in [0.1, 0.15) is 0 Å². The van der Waals surface area contributed by atoms with Gasteiger partial charge in [0.05, 0.1) is 19.1 Å². The topological polar surface area (TPSA) is 136 Å². The lowest BCUT2D eigenvalue weighted by Crippen LogP contribution is -2.23. The molecule has 0 bridgehead atoms.